The fourth-order valence-electron chi connectivity index (χ4n) is 1.30. The molecule has 0 bridgehead atoms. The van der Waals surface area contributed by atoms with Crippen LogP contribution in [0.1, 0.15) is 26.3 Å². The van der Waals surface area contributed by atoms with Gasteiger partial charge in [-0.1, -0.05) is 19.1 Å². The van der Waals surface area contributed by atoms with Crippen LogP contribution in [-0.4, -0.2) is 31.3 Å². The largest absolute Gasteiger partial charge is 0.388 e. The number of nitrogens with two attached hydrogens (primary N) is 1. The van der Waals surface area contributed by atoms with Gasteiger partial charge < -0.3 is 21.2 Å². The third kappa shape index (κ3) is 7.53. The molecule has 0 fully saturated rings. The number of hydrogen-bond donors (Lipinski definition) is 3. The molecule has 1 aromatic carbocycles. The minimum Gasteiger partial charge on any atom is -0.388 e. The Labute approximate surface area is 120 Å². The number of rotatable bonds is 5. The van der Waals surface area contributed by atoms with Crippen molar-refractivity contribution in [3.05, 3.63) is 29.8 Å². The van der Waals surface area contributed by atoms with Crippen LogP contribution in [-0.2, 0) is 16.0 Å². The summed E-state index contributed by atoms with van der Waals surface area (Å²) in [4.78, 5) is 20.7. The maximum absolute atomic E-state index is 10.7. The lowest BCUT2D eigenvalue weighted by Crippen LogP contribution is -2.43. The Hall–Kier alpha value is -1.88. The molecule has 0 spiro atoms. The van der Waals surface area contributed by atoms with Crippen LogP contribution >= 0.6 is 0 Å². The smallest absolute Gasteiger partial charge is 0.237 e. The molecule has 2 unspecified atom stereocenters. The van der Waals surface area contributed by atoms with Gasteiger partial charge in [-0.2, -0.15) is 0 Å². The number of nitrogens with one attached hydrogen (secondary N) is 2. The number of carbonyl (C=O) groups excluding carboxylic acids is 2. The number of aldehydes is 1. The molecule has 5 nitrogen and oxygen atoms in total. The summed E-state index contributed by atoms with van der Waals surface area (Å²) in [5.41, 5.74) is 7.78. The lowest BCUT2D eigenvalue weighted by molar-refractivity contribution is -0.124. The summed E-state index contributed by atoms with van der Waals surface area (Å²) in [6.07, 6.45) is 1.77. The van der Waals surface area contributed by atoms with E-state index in [0.717, 1.165) is 6.42 Å². The zero-order valence-corrected chi connectivity index (χ0v) is 12.6. The number of anilines is 1. The minimum absolute atomic E-state index is 0.306. The van der Waals surface area contributed by atoms with Gasteiger partial charge in [0, 0.05) is 12.7 Å². The maximum atomic E-state index is 10.7. The molecule has 0 heterocycles. The molecular weight excluding hydrogens is 254 g/mol. The fraction of sp³-hybridized carbons (Fsp3) is 0.467. The first-order valence-corrected chi connectivity index (χ1v) is 6.72. The highest BCUT2D eigenvalue weighted by atomic mass is 16.2. The number of carbonyl (C=O) groups is 2. The predicted octanol–water partition coefficient (Wildman–Crippen LogP) is 1.33. The molecule has 0 aliphatic heterocycles. The highest BCUT2D eigenvalue weighted by molar-refractivity contribution is 5.83. The van der Waals surface area contributed by atoms with Crippen molar-refractivity contribution >= 4 is 17.9 Å². The summed E-state index contributed by atoms with van der Waals surface area (Å²) in [7, 11) is 1.93. The predicted molar refractivity (Wildman–Crippen MR) is 82.7 cm³/mol. The van der Waals surface area contributed by atoms with Gasteiger partial charge in [-0.25, -0.2) is 0 Å². The maximum Gasteiger partial charge on any atom is 0.237 e. The lowest BCUT2D eigenvalue weighted by Gasteiger charge is -2.08. The minimum atomic E-state index is -0.553. The van der Waals surface area contributed by atoms with Gasteiger partial charge >= 0.3 is 0 Å². The van der Waals surface area contributed by atoms with Crippen molar-refractivity contribution in [2.24, 2.45) is 5.73 Å². The molecule has 1 rings (SSSR count). The molecule has 0 saturated heterocycles. The summed E-state index contributed by atoms with van der Waals surface area (Å²) >= 11 is 0. The van der Waals surface area contributed by atoms with Gasteiger partial charge in [0.15, 0.2) is 0 Å². The van der Waals surface area contributed by atoms with Crippen molar-refractivity contribution < 1.29 is 9.59 Å². The van der Waals surface area contributed by atoms with Crippen molar-refractivity contribution in [2.45, 2.75) is 39.3 Å². The van der Waals surface area contributed by atoms with E-state index in [0.29, 0.717) is 6.29 Å². The second-order valence-corrected chi connectivity index (χ2v) is 4.52. The molecule has 0 aliphatic carbocycles. The highest BCUT2D eigenvalue weighted by Crippen LogP contribution is 2.08. The average Bonchev–Trinajstić information content (AvgIpc) is 2.47. The average molecular weight is 279 g/mol. The normalized spacial score (nSPS) is 12.4. The Kier molecular flexibility index (Phi) is 9.04. The summed E-state index contributed by atoms with van der Waals surface area (Å²) in [5.74, 6) is -0.306. The monoisotopic (exact) mass is 279 g/mol. The number of amides is 1. The molecule has 4 N–H and O–H groups in total. The Balaban J connectivity index is 0.000000361. The van der Waals surface area contributed by atoms with Crippen molar-refractivity contribution in [3.8, 4) is 0 Å². The van der Waals surface area contributed by atoms with Crippen LogP contribution in [0.2, 0.25) is 0 Å². The molecule has 20 heavy (non-hydrogen) atoms. The van der Waals surface area contributed by atoms with E-state index in [-0.39, 0.29) is 5.91 Å². The molecule has 1 aromatic rings. The number of benzene rings is 1. The topological polar surface area (TPSA) is 84.2 Å². The van der Waals surface area contributed by atoms with Crippen LogP contribution in [0, 0.1) is 0 Å². The first-order chi connectivity index (χ1) is 9.44. The van der Waals surface area contributed by atoms with Crippen molar-refractivity contribution in [1.82, 2.24) is 5.32 Å². The first-order valence-electron chi connectivity index (χ1n) is 6.72. The highest BCUT2D eigenvalue weighted by Gasteiger charge is 2.09. The van der Waals surface area contributed by atoms with Gasteiger partial charge in [-0.05, 0) is 38.0 Å². The molecule has 0 radical (unpaired) electrons. The van der Waals surface area contributed by atoms with E-state index in [2.05, 4.69) is 41.8 Å². The first kappa shape index (κ1) is 18.1. The van der Waals surface area contributed by atoms with Gasteiger partial charge in [-0.3, -0.25) is 4.79 Å². The SMILES string of the molecule is CC(C=O)NC(=O)C(C)N.CCc1ccc(NC)cc1. The van der Waals surface area contributed by atoms with Gasteiger partial charge in [-0.15, -0.1) is 0 Å². The van der Waals surface area contributed by atoms with E-state index in [1.807, 2.05) is 7.05 Å². The molecular formula is C15H25N3O2. The number of aryl methyl sites for hydroxylation is 1. The summed E-state index contributed by atoms with van der Waals surface area (Å²) in [6, 6.07) is 7.48. The van der Waals surface area contributed by atoms with Gasteiger partial charge in [0.05, 0.1) is 12.1 Å². The molecule has 2 atom stereocenters. The molecule has 112 valence electrons. The van der Waals surface area contributed by atoms with Gasteiger partial charge in [0.25, 0.3) is 0 Å². The van der Waals surface area contributed by atoms with Gasteiger partial charge in [0.1, 0.15) is 6.29 Å². The van der Waals surface area contributed by atoms with Crippen LogP contribution in [0.25, 0.3) is 0 Å². The van der Waals surface area contributed by atoms with E-state index in [1.165, 1.54) is 11.3 Å². The third-order valence-electron chi connectivity index (χ3n) is 2.64. The zero-order valence-electron chi connectivity index (χ0n) is 12.6. The molecule has 1 amide bonds. The standard InChI is InChI=1S/C9H13N.C6H12N2O2/c1-3-8-4-6-9(10-2)7-5-8;1-4(3-9)8-6(10)5(2)7/h4-7,10H,3H2,1-2H3;3-5H,7H2,1-2H3,(H,8,10). The Bertz CT molecular complexity index is 379. The Morgan fingerprint density at radius 1 is 1.30 bits per heavy atom. The Morgan fingerprint density at radius 3 is 2.20 bits per heavy atom. The van der Waals surface area contributed by atoms with Crippen LogP contribution in [0.4, 0.5) is 5.69 Å². The van der Waals surface area contributed by atoms with E-state index in [4.69, 9.17) is 5.73 Å². The summed E-state index contributed by atoms with van der Waals surface area (Å²) in [6.45, 7) is 5.31. The van der Waals surface area contributed by atoms with Crippen LogP contribution in [0.15, 0.2) is 24.3 Å². The Morgan fingerprint density at radius 2 is 1.85 bits per heavy atom. The van der Waals surface area contributed by atoms with E-state index < -0.39 is 12.1 Å². The second kappa shape index (κ2) is 9.97. The van der Waals surface area contributed by atoms with E-state index in [9.17, 15) is 9.59 Å². The number of hydrogen-bond acceptors (Lipinski definition) is 4. The van der Waals surface area contributed by atoms with Crippen molar-refractivity contribution in [1.29, 1.82) is 0 Å². The third-order valence-corrected chi connectivity index (χ3v) is 2.64. The second-order valence-electron chi connectivity index (χ2n) is 4.52. The van der Waals surface area contributed by atoms with Crippen LogP contribution in [0.5, 0.6) is 0 Å². The van der Waals surface area contributed by atoms with Crippen molar-refractivity contribution in [2.75, 3.05) is 12.4 Å². The molecule has 5 heteroatoms. The fourth-order valence-corrected chi connectivity index (χ4v) is 1.30. The zero-order chi connectivity index (χ0) is 15.5. The van der Waals surface area contributed by atoms with Crippen LogP contribution in [0.3, 0.4) is 0 Å². The molecule has 0 saturated carbocycles. The van der Waals surface area contributed by atoms with E-state index >= 15 is 0 Å². The molecule has 0 aliphatic rings. The molecule has 0 aromatic heterocycles. The van der Waals surface area contributed by atoms with Crippen LogP contribution < -0.4 is 16.4 Å². The van der Waals surface area contributed by atoms with E-state index in [1.54, 1.807) is 13.8 Å². The van der Waals surface area contributed by atoms with Gasteiger partial charge in [0.2, 0.25) is 5.91 Å². The quantitative estimate of drug-likeness (QED) is 0.710. The summed E-state index contributed by atoms with van der Waals surface area (Å²) < 4.78 is 0. The van der Waals surface area contributed by atoms with Crippen molar-refractivity contribution in [3.63, 3.8) is 0 Å². The lowest BCUT2D eigenvalue weighted by atomic mass is 10.1. The summed E-state index contributed by atoms with van der Waals surface area (Å²) in [5, 5.41) is 5.48.